The van der Waals surface area contributed by atoms with Crippen LogP contribution in [-0.4, -0.2) is 4.98 Å². The summed E-state index contributed by atoms with van der Waals surface area (Å²) in [4.78, 5) is 3.92. The highest BCUT2D eigenvalue weighted by Gasteiger charge is 2.02. The summed E-state index contributed by atoms with van der Waals surface area (Å²) in [6.45, 7) is 1.97. The van der Waals surface area contributed by atoms with E-state index in [-0.39, 0.29) is 0 Å². The first kappa shape index (κ1) is 11.2. The highest BCUT2D eigenvalue weighted by molar-refractivity contribution is 6.31. The molecular formula is C12H10Cl2N2. The monoisotopic (exact) mass is 252 g/mol. The van der Waals surface area contributed by atoms with Crippen molar-refractivity contribution in [2.45, 2.75) is 6.92 Å². The maximum absolute atomic E-state index is 6.03. The van der Waals surface area contributed by atoms with Crippen LogP contribution in [-0.2, 0) is 0 Å². The van der Waals surface area contributed by atoms with Crippen LogP contribution in [0.2, 0.25) is 10.2 Å². The van der Waals surface area contributed by atoms with Crippen molar-refractivity contribution in [3.05, 3.63) is 52.3 Å². The highest BCUT2D eigenvalue weighted by atomic mass is 35.5. The van der Waals surface area contributed by atoms with Crippen molar-refractivity contribution in [1.29, 1.82) is 0 Å². The van der Waals surface area contributed by atoms with Gasteiger partial charge >= 0.3 is 0 Å². The topological polar surface area (TPSA) is 24.9 Å². The minimum Gasteiger partial charge on any atom is -0.355 e. The third kappa shape index (κ3) is 2.46. The second kappa shape index (κ2) is 4.73. The van der Waals surface area contributed by atoms with E-state index in [1.807, 2.05) is 31.2 Å². The van der Waals surface area contributed by atoms with Gasteiger partial charge in [0.2, 0.25) is 0 Å². The number of benzene rings is 1. The van der Waals surface area contributed by atoms with E-state index in [1.54, 1.807) is 12.3 Å². The molecular weight excluding hydrogens is 243 g/mol. The molecule has 4 heteroatoms. The van der Waals surface area contributed by atoms with Crippen molar-refractivity contribution in [2.24, 2.45) is 0 Å². The Labute approximate surface area is 104 Å². The Balaban J connectivity index is 2.31. The van der Waals surface area contributed by atoms with Crippen LogP contribution in [0.4, 0.5) is 11.4 Å². The summed E-state index contributed by atoms with van der Waals surface area (Å²) in [5.41, 5.74) is 2.87. The molecule has 0 spiro atoms. The first-order valence-corrected chi connectivity index (χ1v) is 5.56. The lowest BCUT2D eigenvalue weighted by Crippen LogP contribution is -1.93. The second-order valence-electron chi connectivity index (χ2n) is 3.40. The van der Waals surface area contributed by atoms with Crippen LogP contribution < -0.4 is 5.32 Å². The molecule has 0 amide bonds. The van der Waals surface area contributed by atoms with Crippen LogP contribution in [0.15, 0.2) is 36.5 Å². The third-order valence-electron chi connectivity index (χ3n) is 2.27. The normalized spacial score (nSPS) is 10.2. The number of hydrogen-bond acceptors (Lipinski definition) is 2. The number of nitrogens with zero attached hydrogens (tertiary/aromatic N) is 1. The fourth-order valence-electron chi connectivity index (χ4n) is 1.38. The summed E-state index contributed by atoms with van der Waals surface area (Å²) >= 11 is 11.8. The standard InChI is InChI=1S/C12H10Cl2N2/c1-8-10(13)3-2-4-11(8)16-9-5-6-15-12(14)7-9/h2-7H,1H3,(H,15,16). The summed E-state index contributed by atoms with van der Waals surface area (Å²) in [5.74, 6) is 0. The van der Waals surface area contributed by atoms with E-state index in [1.165, 1.54) is 0 Å². The van der Waals surface area contributed by atoms with Gasteiger partial charge in [-0.3, -0.25) is 0 Å². The predicted molar refractivity (Wildman–Crippen MR) is 68.7 cm³/mol. The SMILES string of the molecule is Cc1c(Cl)cccc1Nc1ccnc(Cl)c1. The molecule has 0 unspecified atom stereocenters. The first-order chi connectivity index (χ1) is 7.66. The Morgan fingerprint density at radius 2 is 2.00 bits per heavy atom. The van der Waals surface area contributed by atoms with Crippen LogP contribution in [0.25, 0.3) is 0 Å². The van der Waals surface area contributed by atoms with Gasteiger partial charge in [0.15, 0.2) is 0 Å². The average Bonchev–Trinajstić information content (AvgIpc) is 2.25. The van der Waals surface area contributed by atoms with Gasteiger partial charge in [-0.05, 0) is 36.8 Å². The van der Waals surface area contributed by atoms with E-state index >= 15 is 0 Å². The summed E-state index contributed by atoms with van der Waals surface area (Å²) in [6.07, 6.45) is 1.66. The van der Waals surface area contributed by atoms with Crippen LogP contribution in [0.3, 0.4) is 0 Å². The van der Waals surface area contributed by atoms with Gasteiger partial charge in [0.1, 0.15) is 5.15 Å². The number of hydrogen-bond donors (Lipinski definition) is 1. The Bertz CT molecular complexity index is 512. The molecule has 1 aromatic carbocycles. The maximum atomic E-state index is 6.03. The van der Waals surface area contributed by atoms with Gasteiger partial charge < -0.3 is 5.32 Å². The first-order valence-electron chi connectivity index (χ1n) is 4.80. The van der Waals surface area contributed by atoms with Crippen molar-refractivity contribution < 1.29 is 0 Å². The molecule has 2 aromatic rings. The summed E-state index contributed by atoms with van der Waals surface area (Å²) in [6, 6.07) is 9.35. The van der Waals surface area contributed by atoms with Gasteiger partial charge in [-0.15, -0.1) is 0 Å². The maximum Gasteiger partial charge on any atom is 0.131 e. The van der Waals surface area contributed by atoms with E-state index in [4.69, 9.17) is 23.2 Å². The fraction of sp³-hybridized carbons (Fsp3) is 0.0833. The number of halogens is 2. The summed E-state index contributed by atoms with van der Waals surface area (Å²) in [7, 11) is 0. The van der Waals surface area contributed by atoms with Gasteiger partial charge in [0, 0.05) is 22.6 Å². The van der Waals surface area contributed by atoms with Crippen LogP contribution in [0, 0.1) is 6.92 Å². The molecule has 0 aliphatic heterocycles. The number of rotatable bonds is 2. The van der Waals surface area contributed by atoms with Gasteiger partial charge in [0.25, 0.3) is 0 Å². The molecule has 0 saturated carbocycles. The van der Waals surface area contributed by atoms with Gasteiger partial charge in [-0.2, -0.15) is 0 Å². The largest absolute Gasteiger partial charge is 0.355 e. The van der Waals surface area contributed by atoms with Crippen molar-refractivity contribution in [2.75, 3.05) is 5.32 Å². The highest BCUT2D eigenvalue weighted by Crippen LogP contribution is 2.26. The molecule has 0 radical (unpaired) electrons. The molecule has 2 nitrogen and oxygen atoms in total. The van der Waals surface area contributed by atoms with Gasteiger partial charge in [0.05, 0.1) is 0 Å². The van der Waals surface area contributed by atoms with E-state index in [0.717, 1.165) is 22.0 Å². The average molecular weight is 253 g/mol. The minimum absolute atomic E-state index is 0.463. The quantitative estimate of drug-likeness (QED) is 0.800. The van der Waals surface area contributed by atoms with Crippen LogP contribution in [0.5, 0.6) is 0 Å². The zero-order chi connectivity index (χ0) is 11.5. The molecule has 0 aliphatic carbocycles. The second-order valence-corrected chi connectivity index (χ2v) is 4.20. The summed E-state index contributed by atoms with van der Waals surface area (Å²) in [5, 5.41) is 4.45. The van der Waals surface area contributed by atoms with Crippen LogP contribution >= 0.6 is 23.2 Å². The number of pyridine rings is 1. The van der Waals surface area contributed by atoms with Crippen molar-refractivity contribution in [1.82, 2.24) is 4.98 Å². The molecule has 1 heterocycles. The molecule has 0 aliphatic rings. The molecule has 16 heavy (non-hydrogen) atoms. The molecule has 0 fully saturated rings. The van der Waals surface area contributed by atoms with E-state index in [9.17, 15) is 0 Å². The molecule has 0 bridgehead atoms. The smallest absolute Gasteiger partial charge is 0.131 e. The molecule has 1 aromatic heterocycles. The Hall–Kier alpha value is -1.25. The Kier molecular flexibility index (Phi) is 3.32. The van der Waals surface area contributed by atoms with Crippen molar-refractivity contribution >= 4 is 34.6 Å². The lowest BCUT2D eigenvalue weighted by atomic mass is 10.2. The lowest BCUT2D eigenvalue weighted by Gasteiger charge is -2.10. The minimum atomic E-state index is 0.463. The Morgan fingerprint density at radius 1 is 1.19 bits per heavy atom. The lowest BCUT2D eigenvalue weighted by molar-refractivity contribution is 1.32. The van der Waals surface area contributed by atoms with E-state index < -0.39 is 0 Å². The van der Waals surface area contributed by atoms with E-state index in [0.29, 0.717) is 5.15 Å². The Morgan fingerprint density at radius 3 is 2.75 bits per heavy atom. The molecule has 0 atom stereocenters. The predicted octanol–water partition coefficient (Wildman–Crippen LogP) is 4.44. The molecule has 2 rings (SSSR count). The van der Waals surface area contributed by atoms with Gasteiger partial charge in [-0.1, -0.05) is 29.3 Å². The fourth-order valence-corrected chi connectivity index (χ4v) is 1.73. The molecule has 82 valence electrons. The number of aromatic nitrogens is 1. The molecule has 0 saturated heterocycles. The molecule has 1 N–H and O–H groups in total. The van der Waals surface area contributed by atoms with Crippen molar-refractivity contribution in [3.63, 3.8) is 0 Å². The summed E-state index contributed by atoms with van der Waals surface area (Å²) < 4.78 is 0. The number of nitrogens with one attached hydrogen (secondary N) is 1. The zero-order valence-corrected chi connectivity index (χ0v) is 10.2. The number of anilines is 2. The zero-order valence-electron chi connectivity index (χ0n) is 8.67. The van der Waals surface area contributed by atoms with Crippen LogP contribution in [0.1, 0.15) is 5.56 Å². The third-order valence-corrected chi connectivity index (χ3v) is 2.89. The van der Waals surface area contributed by atoms with Gasteiger partial charge in [-0.25, -0.2) is 4.98 Å². The van der Waals surface area contributed by atoms with E-state index in [2.05, 4.69) is 10.3 Å². The van der Waals surface area contributed by atoms with Crippen molar-refractivity contribution in [3.8, 4) is 0 Å².